The number of carbonyl (C=O) groups is 3. The number of fused-ring (bicyclic) bond motifs is 1. The quantitative estimate of drug-likeness (QED) is 0.234. The fourth-order valence-electron chi connectivity index (χ4n) is 6.51. The zero-order valence-electron chi connectivity index (χ0n) is 21.7. The van der Waals surface area contributed by atoms with Gasteiger partial charge in [-0.25, -0.2) is 0 Å². The van der Waals surface area contributed by atoms with E-state index in [9.17, 15) is 19.5 Å². The molecule has 3 rings (SSSR count). The van der Waals surface area contributed by atoms with Crippen molar-refractivity contribution in [2.45, 2.75) is 87.9 Å². The minimum Gasteiger partial charge on any atom is -0.465 e. The Bertz CT molecular complexity index is 830. The summed E-state index contributed by atoms with van der Waals surface area (Å²) in [6.45, 7) is 16.1. The molecule has 7 nitrogen and oxygen atoms in total. The van der Waals surface area contributed by atoms with Gasteiger partial charge in [0, 0.05) is 17.8 Å². The molecular formula is C27H42N2O5S. The zero-order valence-corrected chi connectivity index (χ0v) is 22.5. The molecule has 2 amide bonds. The summed E-state index contributed by atoms with van der Waals surface area (Å²) < 4.78 is 4.84. The van der Waals surface area contributed by atoms with Crippen LogP contribution in [0.15, 0.2) is 25.3 Å². The molecule has 3 aliphatic rings. The Labute approximate surface area is 214 Å². The van der Waals surface area contributed by atoms with Crippen molar-refractivity contribution in [2.24, 2.45) is 17.8 Å². The predicted octanol–water partition coefficient (Wildman–Crippen LogP) is 3.42. The standard InChI is InChI=1S/C27H42N2O5S/c1-7-11-14-34-26(33)21-20-15-17(5)27(35-20)22(21)24(31)29(19(10-4)16-30)23(27)25(32)28(13-9-3)18(6)12-8-2/h7,9,17-23,30H,1,3,8,10-16H2,2,4-6H3/t17?,18?,19-,20+,21-,22-,23?,27?/m0/s1. The highest BCUT2D eigenvalue weighted by atomic mass is 32.2. The highest BCUT2D eigenvalue weighted by molar-refractivity contribution is 8.02. The van der Waals surface area contributed by atoms with Gasteiger partial charge >= 0.3 is 5.97 Å². The van der Waals surface area contributed by atoms with E-state index in [4.69, 9.17) is 4.74 Å². The van der Waals surface area contributed by atoms with Crippen molar-refractivity contribution in [1.29, 1.82) is 0 Å². The van der Waals surface area contributed by atoms with Gasteiger partial charge in [-0.1, -0.05) is 39.3 Å². The van der Waals surface area contributed by atoms with E-state index in [2.05, 4.69) is 27.0 Å². The Hall–Kier alpha value is -1.80. The second-order valence-corrected chi connectivity index (χ2v) is 11.8. The van der Waals surface area contributed by atoms with E-state index in [0.29, 0.717) is 19.4 Å². The molecule has 0 aromatic heterocycles. The van der Waals surface area contributed by atoms with Crippen molar-refractivity contribution in [1.82, 2.24) is 9.80 Å². The SMILES string of the molecule is C=CCCOC(=O)[C@@H]1[C@H]2C(=O)N([C@@H](CC)CO)C(C(=O)N(CC=C)C(C)CCC)C23S[C@@H]1CC3C. The van der Waals surface area contributed by atoms with E-state index in [1.54, 1.807) is 28.8 Å². The van der Waals surface area contributed by atoms with Gasteiger partial charge in [-0.15, -0.1) is 24.9 Å². The van der Waals surface area contributed by atoms with Crippen molar-refractivity contribution in [3.05, 3.63) is 25.3 Å². The van der Waals surface area contributed by atoms with Gasteiger partial charge in [0.25, 0.3) is 0 Å². The number of hydrogen-bond donors (Lipinski definition) is 1. The van der Waals surface area contributed by atoms with Gasteiger partial charge in [-0.2, -0.15) is 0 Å². The number of aliphatic hydroxyl groups excluding tert-OH is 1. The van der Waals surface area contributed by atoms with Crippen molar-refractivity contribution in [3.8, 4) is 0 Å². The summed E-state index contributed by atoms with van der Waals surface area (Å²) in [4.78, 5) is 45.2. The van der Waals surface area contributed by atoms with E-state index >= 15 is 0 Å². The molecule has 0 aromatic rings. The Morgan fingerprint density at radius 2 is 2.06 bits per heavy atom. The minimum atomic E-state index is -0.729. The number of thioether (sulfide) groups is 1. The molecule has 196 valence electrons. The fraction of sp³-hybridized carbons (Fsp3) is 0.741. The second-order valence-electron chi connectivity index (χ2n) is 10.2. The number of rotatable bonds is 13. The summed E-state index contributed by atoms with van der Waals surface area (Å²) in [6, 6.07) is -1.22. The van der Waals surface area contributed by atoms with Crippen molar-refractivity contribution < 1.29 is 24.2 Å². The van der Waals surface area contributed by atoms with Crippen LogP contribution in [0.1, 0.15) is 59.8 Å². The Morgan fingerprint density at radius 3 is 2.63 bits per heavy atom. The summed E-state index contributed by atoms with van der Waals surface area (Å²) in [5.41, 5.74) is 0. The molecule has 8 atom stereocenters. The lowest BCUT2D eigenvalue weighted by Gasteiger charge is -2.43. The third-order valence-electron chi connectivity index (χ3n) is 8.18. The lowest BCUT2D eigenvalue weighted by atomic mass is 9.66. The van der Waals surface area contributed by atoms with Crippen LogP contribution in [0.5, 0.6) is 0 Å². The minimum absolute atomic E-state index is 0.00863. The molecular weight excluding hydrogens is 464 g/mol. The summed E-state index contributed by atoms with van der Waals surface area (Å²) in [7, 11) is 0. The van der Waals surface area contributed by atoms with Crippen LogP contribution in [-0.2, 0) is 19.1 Å². The number of esters is 1. The van der Waals surface area contributed by atoms with Crippen LogP contribution in [0.4, 0.5) is 0 Å². The second kappa shape index (κ2) is 11.5. The monoisotopic (exact) mass is 506 g/mol. The van der Waals surface area contributed by atoms with Gasteiger partial charge < -0.3 is 19.6 Å². The maximum absolute atomic E-state index is 14.4. The van der Waals surface area contributed by atoms with Crippen molar-refractivity contribution >= 4 is 29.5 Å². The van der Waals surface area contributed by atoms with E-state index < -0.39 is 28.7 Å². The molecule has 1 spiro atoms. The van der Waals surface area contributed by atoms with Gasteiger partial charge in [-0.05, 0) is 38.5 Å². The fourth-order valence-corrected chi connectivity index (χ4v) is 8.90. The van der Waals surface area contributed by atoms with E-state index in [1.807, 2.05) is 18.7 Å². The first-order valence-electron chi connectivity index (χ1n) is 13.0. The number of carbonyl (C=O) groups excluding carboxylic acids is 3. The third-order valence-corrected chi connectivity index (χ3v) is 10.3. The molecule has 0 radical (unpaired) electrons. The van der Waals surface area contributed by atoms with Gasteiger partial charge in [0.1, 0.15) is 6.04 Å². The Kier molecular flexibility index (Phi) is 9.13. The molecule has 3 saturated heterocycles. The first-order chi connectivity index (χ1) is 16.7. The molecule has 3 aliphatic heterocycles. The third kappa shape index (κ3) is 4.57. The zero-order chi connectivity index (χ0) is 25.9. The highest BCUT2D eigenvalue weighted by Gasteiger charge is 2.77. The van der Waals surface area contributed by atoms with Crippen molar-refractivity contribution in [3.63, 3.8) is 0 Å². The highest BCUT2D eigenvalue weighted by Crippen LogP contribution is 2.69. The lowest BCUT2D eigenvalue weighted by Crippen LogP contribution is -2.60. The topological polar surface area (TPSA) is 87.1 Å². The van der Waals surface area contributed by atoms with Gasteiger partial charge in [0.2, 0.25) is 11.8 Å². The Balaban J connectivity index is 2.08. The molecule has 1 N–H and O–H groups in total. The number of ether oxygens (including phenoxy) is 1. The van der Waals surface area contributed by atoms with Crippen LogP contribution in [0.3, 0.4) is 0 Å². The molecule has 3 fully saturated rings. The molecule has 0 aliphatic carbocycles. The smallest absolute Gasteiger partial charge is 0.310 e. The first kappa shape index (κ1) is 27.8. The van der Waals surface area contributed by atoms with Crippen LogP contribution in [0, 0.1) is 17.8 Å². The number of nitrogens with zero attached hydrogens (tertiary/aromatic N) is 2. The van der Waals surface area contributed by atoms with Crippen LogP contribution >= 0.6 is 11.8 Å². The van der Waals surface area contributed by atoms with E-state index in [0.717, 1.165) is 19.3 Å². The molecule has 4 unspecified atom stereocenters. The molecule has 0 aromatic carbocycles. The molecule has 35 heavy (non-hydrogen) atoms. The molecule has 3 heterocycles. The molecule has 2 bridgehead atoms. The first-order valence-corrected chi connectivity index (χ1v) is 13.9. The summed E-state index contributed by atoms with van der Waals surface area (Å²) in [5.74, 6) is -1.78. The van der Waals surface area contributed by atoms with Crippen molar-refractivity contribution in [2.75, 3.05) is 19.8 Å². The normalized spacial score (nSPS) is 32.8. The number of aliphatic hydroxyl groups is 1. The van der Waals surface area contributed by atoms with E-state index in [1.165, 1.54) is 0 Å². The average Bonchev–Trinajstić information content (AvgIpc) is 3.42. The number of hydrogen-bond acceptors (Lipinski definition) is 6. The van der Waals surface area contributed by atoms with Crippen LogP contribution in [0.25, 0.3) is 0 Å². The lowest BCUT2D eigenvalue weighted by molar-refractivity contribution is -0.155. The number of amides is 2. The maximum Gasteiger partial charge on any atom is 0.310 e. The summed E-state index contributed by atoms with van der Waals surface area (Å²) >= 11 is 1.64. The summed E-state index contributed by atoms with van der Waals surface area (Å²) in [5, 5.41) is 10.2. The van der Waals surface area contributed by atoms with Gasteiger partial charge in [0.15, 0.2) is 0 Å². The molecule has 0 saturated carbocycles. The van der Waals surface area contributed by atoms with Crippen LogP contribution in [0.2, 0.25) is 0 Å². The summed E-state index contributed by atoms with van der Waals surface area (Å²) in [6.07, 6.45) is 7.04. The Morgan fingerprint density at radius 1 is 1.34 bits per heavy atom. The van der Waals surface area contributed by atoms with E-state index in [-0.39, 0.29) is 48.2 Å². The number of likely N-dealkylation sites (tertiary alicyclic amines) is 1. The maximum atomic E-state index is 14.4. The van der Waals surface area contributed by atoms with Gasteiger partial charge in [-0.3, -0.25) is 14.4 Å². The van der Waals surface area contributed by atoms with Crippen LogP contribution < -0.4 is 0 Å². The van der Waals surface area contributed by atoms with Gasteiger partial charge in [0.05, 0.1) is 35.8 Å². The largest absolute Gasteiger partial charge is 0.465 e. The van der Waals surface area contributed by atoms with Crippen LogP contribution in [-0.4, -0.2) is 80.6 Å². The average molecular weight is 507 g/mol. The predicted molar refractivity (Wildman–Crippen MR) is 139 cm³/mol. The molecule has 8 heteroatoms.